The highest BCUT2D eigenvalue weighted by Gasteiger charge is 2.13. The lowest BCUT2D eigenvalue weighted by molar-refractivity contribution is -0.139. The molecule has 1 aromatic carbocycles. The highest BCUT2D eigenvalue weighted by atomic mass is 35.5. The molecule has 19 heavy (non-hydrogen) atoms. The summed E-state index contributed by atoms with van der Waals surface area (Å²) < 4.78 is 13.3. The molecule has 0 unspecified atom stereocenters. The minimum absolute atomic E-state index is 0.0359. The quantitative estimate of drug-likeness (QED) is 0.501. The van der Waals surface area contributed by atoms with Gasteiger partial charge in [-0.1, -0.05) is 17.7 Å². The third-order valence-electron chi connectivity index (χ3n) is 1.99. The van der Waals surface area contributed by atoms with E-state index in [0.29, 0.717) is 0 Å². The van der Waals surface area contributed by atoms with Crippen LogP contribution in [0.3, 0.4) is 0 Å². The molecular weight excluding hydrogens is 273 g/mol. The van der Waals surface area contributed by atoms with Gasteiger partial charge in [-0.3, -0.25) is 9.59 Å². The zero-order valence-electron chi connectivity index (χ0n) is 10.4. The van der Waals surface area contributed by atoms with E-state index in [1.807, 2.05) is 5.43 Å². The zero-order chi connectivity index (χ0) is 14.4. The van der Waals surface area contributed by atoms with Gasteiger partial charge in [0.2, 0.25) is 0 Å². The maximum absolute atomic E-state index is 13.3. The average molecular weight is 286 g/mol. The topological polar surface area (TPSA) is 70.6 Å². The summed E-state index contributed by atoms with van der Waals surface area (Å²) in [6.45, 7) is 3.43. The molecule has 0 aliphatic heterocycles. The van der Waals surface area contributed by atoms with Crippen molar-refractivity contribution < 1.29 is 14.0 Å². The van der Waals surface area contributed by atoms with Gasteiger partial charge in [0.1, 0.15) is 5.82 Å². The highest BCUT2D eigenvalue weighted by Crippen LogP contribution is 2.16. The third-order valence-corrected chi connectivity index (χ3v) is 2.32. The first-order chi connectivity index (χ1) is 8.91. The highest BCUT2D eigenvalue weighted by molar-refractivity contribution is 6.35. The number of hydrogen-bond acceptors (Lipinski definition) is 3. The minimum Gasteiger partial charge on any atom is -0.346 e. The van der Waals surface area contributed by atoms with Crippen LogP contribution in [0.15, 0.2) is 23.3 Å². The minimum atomic E-state index is -0.933. The molecule has 0 spiro atoms. The Bertz CT molecular complexity index is 497. The van der Waals surface area contributed by atoms with Crippen molar-refractivity contribution in [3.8, 4) is 0 Å². The summed E-state index contributed by atoms with van der Waals surface area (Å²) in [7, 11) is 0. The van der Waals surface area contributed by atoms with Gasteiger partial charge in [-0.05, 0) is 26.0 Å². The van der Waals surface area contributed by atoms with Crippen LogP contribution in [0.5, 0.6) is 0 Å². The van der Waals surface area contributed by atoms with E-state index in [-0.39, 0.29) is 16.6 Å². The Morgan fingerprint density at radius 2 is 2.05 bits per heavy atom. The molecule has 0 bridgehead atoms. The van der Waals surface area contributed by atoms with E-state index in [4.69, 9.17) is 11.6 Å². The van der Waals surface area contributed by atoms with Crippen LogP contribution in [0.4, 0.5) is 4.39 Å². The average Bonchev–Trinajstić information content (AvgIpc) is 2.31. The largest absolute Gasteiger partial charge is 0.346 e. The van der Waals surface area contributed by atoms with Crippen molar-refractivity contribution in [2.24, 2.45) is 5.10 Å². The number of amides is 2. The maximum Gasteiger partial charge on any atom is 0.329 e. The predicted octanol–water partition coefficient (Wildman–Crippen LogP) is 1.45. The molecule has 0 aliphatic carbocycles. The molecule has 2 amide bonds. The molecule has 1 rings (SSSR count). The van der Waals surface area contributed by atoms with E-state index in [2.05, 4.69) is 10.4 Å². The first-order valence-corrected chi connectivity index (χ1v) is 5.87. The van der Waals surface area contributed by atoms with Gasteiger partial charge in [-0.25, -0.2) is 9.82 Å². The molecule has 0 saturated heterocycles. The second-order valence-electron chi connectivity index (χ2n) is 3.96. The lowest BCUT2D eigenvalue weighted by Gasteiger charge is -2.06. The van der Waals surface area contributed by atoms with Crippen molar-refractivity contribution in [3.63, 3.8) is 0 Å². The monoisotopic (exact) mass is 285 g/mol. The Morgan fingerprint density at radius 1 is 1.37 bits per heavy atom. The van der Waals surface area contributed by atoms with Gasteiger partial charge in [0, 0.05) is 11.6 Å². The van der Waals surface area contributed by atoms with Crippen molar-refractivity contribution >= 4 is 29.6 Å². The molecule has 0 saturated carbocycles. The molecular formula is C12H13ClFN3O2. The Labute approximate surface area is 114 Å². The summed E-state index contributed by atoms with van der Waals surface area (Å²) in [6.07, 6.45) is 1.04. The molecule has 0 heterocycles. The van der Waals surface area contributed by atoms with E-state index in [1.165, 1.54) is 18.2 Å². The summed E-state index contributed by atoms with van der Waals surface area (Å²) in [6, 6.07) is 3.98. The Balaban J connectivity index is 2.64. The number of nitrogens with one attached hydrogen (secondary N) is 2. The third kappa shape index (κ3) is 4.67. The van der Waals surface area contributed by atoms with E-state index < -0.39 is 17.6 Å². The van der Waals surface area contributed by atoms with Crippen molar-refractivity contribution in [1.29, 1.82) is 0 Å². The molecule has 0 aromatic heterocycles. The number of hydrogen-bond donors (Lipinski definition) is 2. The fraction of sp³-hybridized carbons (Fsp3) is 0.250. The number of halogens is 2. The van der Waals surface area contributed by atoms with Crippen LogP contribution >= 0.6 is 11.6 Å². The van der Waals surface area contributed by atoms with Gasteiger partial charge in [-0.2, -0.15) is 5.10 Å². The second-order valence-corrected chi connectivity index (χ2v) is 4.37. The van der Waals surface area contributed by atoms with Crippen LogP contribution in [0, 0.1) is 5.82 Å². The van der Waals surface area contributed by atoms with E-state index in [9.17, 15) is 14.0 Å². The predicted molar refractivity (Wildman–Crippen MR) is 70.4 cm³/mol. The van der Waals surface area contributed by atoms with Gasteiger partial charge in [0.15, 0.2) is 0 Å². The van der Waals surface area contributed by atoms with Crippen molar-refractivity contribution in [2.75, 3.05) is 0 Å². The van der Waals surface area contributed by atoms with Crippen LogP contribution in [-0.4, -0.2) is 24.1 Å². The van der Waals surface area contributed by atoms with Gasteiger partial charge < -0.3 is 5.32 Å². The first-order valence-electron chi connectivity index (χ1n) is 5.49. The number of hydrazone groups is 1. The Hall–Kier alpha value is -1.95. The van der Waals surface area contributed by atoms with E-state index in [1.54, 1.807) is 13.8 Å². The van der Waals surface area contributed by atoms with Crippen LogP contribution in [0.2, 0.25) is 5.02 Å². The van der Waals surface area contributed by atoms with Gasteiger partial charge in [-0.15, -0.1) is 0 Å². The molecule has 1 aromatic rings. The number of rotatable bonds is 3. The molecule has 0 aliphatic rings. The fourth-order valence-electron chi connectivity index (χ4n) is 1.17. The van der Waals surface area contributed by atoms with Crippen molar-refractivity contribution in [1.82, 2.24) is 10.7 Å². The van der Waals surface area contributed by atoms with E-state index in [0.717, 1.165) is 6.21 Å². The number of carbonyl (C=O) groups is 2. The zero-order valence-corrected chi connectivity index (χ0v) is 11.2. The normalized spacial score (nSPS) is 10.8. The first kappa shape index (κ1) is 15.1. The molecule has 0 fully saturated rings. The lowest BCUT2D eigenvalue weighted by Crippen LogP contribution is -2.41. The number of carbonyl (C=O) groups excluding carboxylic acids is 2. The molecule has 0 radical (unpaired) electrons. The standard InChI is InChI=1S/C12H13ClFN3O2/c1-7(2)16-11(18)12(19)17-15-6-8-9(13)4-3-5-10(8)14/h3-7H,1-2H3,(H,16,18)(H,17,19)/b15-6+. The van der Waals surface area contributed by atoms with Gasteiger partial charge >= 0.3 is 11.8 Å². The fourth-order valence-corrected chi connectivity index (χ4v) is 1.38. The summed E-state index contributed by atoms with van der Waals surface area (Å²) in [5.41, 5.74) is 2.02. The van der Waals surface area contributed by atoms with Crippen LogP contribution in [-0.2, 0) is 9.59 Å². The second kappa shape index (κ2) is 6.84. The van der Waals surface area contributed by atoms with Crippen LogP contribution in [0.25, 0.3) is 0 Å². The Kier molecular flexibility index (Phi) is 5.44. The molecule has 102 valence electrons. The van der Waals surface area contributed by atoms with Crippen LogP contribution < -0.4 is 10.7 Å². The number of benzene rings is 1. The summed E-state index contributed by atoms with van der Waals surface area (Å²) in [5, 5.41) is 6.03. The summed E-state index contributed by atoms with van der Waals surface area (Å²) >= 11 is 5.75. The van der Waals surface area contributed by atoms with Crippen molar-refractivity contribution in [2.45, 2.75) is 19.9 Å². The molecule has 5 nitrogen and oxygen atoms in total. The lowest BCUT2D eigenvalue weighted by atomic mass is 10.2. The summed E-state index contributed by atoms with van der Waals surface area (Å²) in [4.78, 5) is 22.5. The smallest absolute Gasteiger partial charge is 0.329 e. The summed E-state index contributed by atoms with van der Waals surface area (Å²) in [5.74, 6) is -2.32. The number of nitrogens with zero attached hydrogens (tertiary/aromatic N) is 1. The Morgan fingerprint density at radius 3 is 2.63 bits per heavy atom. The van der Waals surface area contributed by atoms with Gasteiger partial charge in [0.25, 0.3) is 0 Å². The van der Waals surface area contributed by atoms with Crippen molar-refractivity contribution in [3.05, 3.63) is 34.6 Å². The molecule has 7 heteroatoms. The molecule has 0 atom stereocenters. The van der Waals surface area contributed by atoms with Gasteiger partial charge in [0.05, 0.1) is 11.2 Å². The maximum atomic E-state index is 13.3. The molecule has 2 N–H and O–H groups in total. The van der Waals surface area contributed by atoms with Crippen LogP contribution in [0.1, 0.15) is 19.4 Å². The SMILES string of the molecule is CC(C)NC(=O)C(=O)N/N=C/c1c(F)cccc1Cl. The van der Waals surface area contributed by atoms with E-state index >= 15 is 0 Å².